The van der Waals surface area contributed by atoms with Gasteiger partial charge < -0.3 is 29.2 Å². The van der Waals surface area contributed by atoms with E-state index in [2.05, 4.69) is 5.32 Å². The molecule has 2 amide bonds. The standard InChI is InChI=1S/C22H24N2O6/c1-27-17-9-15(10-18(12-17)28-2)22(26)24-7-5-14(6-8-24)21(25)23-16-3-4-19-20(11-16)30-13-29-19/h3-4,9-12,14H,5-8,13H2,1-2H3,(H,23,25). The molecule has 0 saturated carbocycles. The molecule has 1 N–H and O–H groups in total. The Kier molecular flexibility index (Phi) is 5.65. The first kappa shape index (κ1) is 19.9. The fourth-order valence-corrected chi connectivity index (χ4v) is 3.68. The van der Waals surface area contributed by atoms with Gasteiger partial charge in [-0.1, -0.05) is 0 Å². The largest absolute Gasteiger partial charge is 0.497 e. The molecule has 1 saturated heterocycles. The molecule has 0 aromatic heterocycles. The van der Waals surface area contributed by atoms with Crippen molar-refractivity contribution in [3.63, 3.8) is 0 Å². The van der Waals surface area contributed by atoms with Crippen LogP contribution in [0.15, 0.2) is 36.4 Å². The fourth-order valence-electron chi connectivity index (χ4n) is 3.68. The molecule has 8 nitrogen and oxygen atoms in total. The number of fused-ring (bicyclic) bond motifs is 1. The van der Waals surface area contributed by atoms with Crippen LogP contribution in [0.1, 0.15) is 23.2 Å². The van der Waals surface area contributed by atoms with Gasteiger partial charge in [-0.05, 0) is 37.1 Å². The van der Waals surface area contributed by atoms with Gasteiger partial charge in [0.05, 0.1) is 14.2 Å². The first-order chi connectivity index (χ1) is 14.6. The highest BCUT2D eigenvalue weighted by atomic mass is 16.7. The average Bonchev–Trinajstić information content (AvgIpc) is 3.26. The van der Waals surface area contributed by atoms with E-state index in [1.165, 1.54) is 0 Å². The zero-order valence-corrected chi connectivity index (χ0v) is 17.0. The lowest BCUT2D eigenvalue weighted by molar-refractivity contribution is -0.121. The maximum Gasteiger partial charge on any atom is 0.254 e. The third-order valence-corrected chi connectivity index (χ3v) is 5.39. The van der Waals surface area contributed by atoms with Gasteiger partial charge >= 0.3 is 0 Å². The Morgan fingerprint density at radius 1 is 0.967 bits per heavy atom. The lowest BCUT2D eigenvalue weighted by atomic mass is 9.95. The van der Waals surface area contributed by atoms with E-state index < -0.39 is 0 Å². The highest BCUT2D eigenvalue weighted by Gasteiger charge is 2.28. The Hall–Kier alpha value is -3.42. The predicted octanol–water partition coefficient (Wildman–Crippen LogP) is 2.92. The Morgan fingerprint density at radius 2 is 1.63 bits per heavy atom. The van der Waals surface area contributed by atoms with Crippen LogP contribution >= 0.6 is 0 Å². The van der Waals surface area contributed by atoms with Crippen LogP contribution in [-0.4, -0.2) is 50.8 Å². The molecule has 2 aromatic rings. The third-order valence-electron chi connectivity index (χ3n) is 5.39. The molecular formula is C22H24N2O6. The van der Waals surface area contributed by atoms with Crippen molar-refractivity contribution in [2.75, 3.05) is 39.4 Å². The number of carbonyl (C=O) groups excluding carboxylic acids is 2. The molecule has 0 unspecified atom stereocenters. The number of carbonyl (C=O) groups is 2. The SMILES string of the molecule is COc1cc(OC)cc(C(=O)N2CCC(C(=O)Nc3ccc4c(c3)OCO4)CC2)c1. The van der Waals surface area contributed by atoms with E-state index >= 15 is 0 Å². The Morgan fingerprint density at radius 3 is 2.30 bits per heavy atom. The van der Waals surface area contributed by atoms with Gasteiger partial charge in [-0.25, -0.2) is 0 Å². The van der Waals surface area contributed by atoms with Crippen molar-refractivity contribution in [2.24, 2.45) is 5.92 Å². The first-order valence-electron chi connectivity index (χ1n) is 9.80. The van der Waals surface area contributed by atoms with Crippen LogP contribution in [0.2, 0.25) is 0 Å². The lowest BCUT2D eigenvalue weighted by Gasteiger charge is -2.31. The maximum atomic E-state index is 12.9. The molecule has 4 rings (SSSR count). The number of likely N-dealkylation sites (tertiary alicyclic amines) is 1. The quantitative estimate of drug-likeness (QED) is 0.813. The number of amides is 2. The Balaban J connectivity index is 1.35. The van der Waals surface area contributed by atoms with E-state index in [1.807, 2.05) is 0 Å². The molecule has 0 aliphatic carbocycles. The summed E-state index contributed by atoms with van der Waals surface area (Å²) in [6, 6.07) is 10.5. The smallest absolute Gasteiger partial charge is 0.254 e. The number of piperidine rings is 1. The van der Waals surface area contributed by atoms with Crippen molar-refractivity contribution in [3.05, 3.63) is 42.0 Å². The molecule has 2 aliphatic rings. The topological polar surface area (TPSA) is 86.3 Å². The molecule has 0 bridgehead atoms. The zero-order chi connectivity index (χ0) is 21.1. The van der Waals surface area contributed by atoms with Gasteiger partial charge in [0.2, 0.25) is 12.7 Å². The summed E-state index contributed by atoms with van der Waals surface area (Å²) in [5.74, 6) is 2.13. The van der Waals surface area contributed by atoms with Crippen LogP contribution in [0, 0.1) is 5.92 Å². The van der Waals surface area contributed by atoms with Crippen molar-refractivity contribution in [2.45, 2.75) is 12.8 Å². The summed E-state index contributed by atoms with van der Waals surface area (Å²) in [4.78, 5) is 27.3. The van der Waals surface area contributed by atoms with Crippen LogP contribution in [-0.2, 0) is 4.79 Å². The summed E-state index contributed by atoms with van der Waals surface area (Å²) >= 11 is 0. The Labute approximate surface area is 174 Å². The minimum atomic E-state index is -0.153. The highest BCUT2D eigenvalue weighted by molar-refractivity contribution is 5.96. The number of rotatable bonds is 5. The van der Waals surface area contributed by atoms with Gasteiger partial charge in [0, 0.05) is 42.4 Å². The summed E-state index contributed by atoms with van der Waals surface area (Å²) < 4.78 is 21.1. The summed E-state index contributed by atoms with van der Waals surface area (Å²) in [5, 5.41) is 2.94. The van der Waals surface area contributed by atoms with Gasteiger partial charge in [-0.15, -0.1) is 0 Å². The van der Waals surface area contributed by atoms with Crippen LogP contribution < -0.4 is 24.3 Å². The average molecular weight is 412 g/mol. The molecule has 0 spiro atoms. The maximum absolute atomic E-state index is 12.9. The second-order valence-electron chi connectivity index (χ2n) is 7.23. The van der Waals surface area contributed by atoms with E-state index in [1.54, 1.807) is 55.5 Å². The Bertz CT molecular complexity index is 930. The van der Waals surface area contributed by atoms with Gasteiger partial charge in [-0.2, -0.15) is 0 Å². The number of nitrogens with zero attached hydrogens (tertiary/aromatic N) is 1. The van der Waals surface area contributed by atoms with E-state index in [0.29, 0.717) is 60.2 Å². The van der Waals surface area contributed by atoms with Crippen LogP contribution in [0.25, 0.3) is 0 Å². The normalized spacial score (nSPS) is 15.6. The van der Waals surface area contributed by atoms with Crippen molar-refractivity contribution in [3.8, 4) is 23.0 Å². The number of ether oxygens (including phenoxy) is 4. The summed E-state index contributed by atoms with van der Waals surface area (Å²) in [5.41, 5.74) is 1.18. The third kappa shape index (κ3) is 4.12. The molecule has 158 valence electrons. The molecule has 2 aromatic carbocycles. The monoisotopic (exact) mass is 412 g/mol. The zero-order valence-electron chi connectivity index (χ0n) is 17.0. The molecule has 2 heterocycles. The highest BCUT2D eigenvalue weighted by Crippen LogP contribution is 2.34. The molecule has 0 atom stereocenters. The number of methoxy groups -OCH3 is 2. The van der Waals surface area contributed by atoms with Gasteiger partial charge in [0.1, 0.15) is 11.5 Å². The van der Waals surface area contributed by atoms with Crippen molar-refractivity contribution in [1.29, 1.82) is 0 Å². The molecular weight excluding hydrogens is 388 g/mol. The fraction of sp³-hybridized carbons (Fsp3) is 0.364. The predicted molar refractivity (Wildman–Crippen MR) is 109 cm³/mol. The summed E-state index contributed by atoms with van der Waals surface area (Å²) in [6.45, 7) is 1.22. The molecule has 0 radical (unpaired) electrons. The number of nitrogens with one attached hydrogen (secondary N) is 1. The van der Waals surface area contributed by atoms with E-state index in [9.17, 15) is 9.59 Å². The number of benzene rings is 2. The summed E-state index contributed by atoms with van der Waals surface area (Å²) in [6.07, 6.45) is 1.20. The van der Waals surface area contributed by atoms with E-state index in [0.717, 1.165) is 0 Å². The van der Waals surface area contributed by atoms with Crippen LogP contribution in [0.3, 0.4) is 0 Å². The van der Waals surface area contributed by atoms with E-state index in [-0.39, 0.29) is 24.5 Å². The molecule has 2 aliphatic heterocycles. The molecule has 8 heteroatoms. The van der Waals surface area contributed by atoms with E-state index in [4.69, 9.17) is 18.9 Å². The van der Waals surface area contributed by atoms with Crippen molar-refractivity contribution < 1.29 is 28.5 Å². The van der Waals surface area contributed by atoms with Crippen LogP contribution in [0.4, 0.5) is 5.69 Å². The second kappa shape index (κ2) is 8.52. The number of hydrogen-bond acceptors (Lipinski definition) is 6. The van der Waals surface area contributed by atoms with Gasteiger partial charge in [0.25, 0.3) is 5.91 Å². The lowest BCUT2D eigenvalue weighted by Crippen LogP contribution is -2.41. The van der Waals surface area contributed by atoms with Gasteiger partial charge in [0.15, 0.2) is 11.5 Å². The first-order valence-corrected chi connectivity index (χ1v) is 9.80. The molecule has 1 fully saturated rings. The van der Waals surface area contributed by atoms with Gasteiger partial charge in [-0.3, -0.25) is 9.59 Å². The molecule has 30 heavy (non-hydrogen) atoms. The van der Waals surface area contributed by atoms with Crippen molar-refractivity contribution >= 4 is 17.5 Å². The number of hydrogen-bond donors (Lipinski definition) is 1. The second-order valence-corrected chi connectivity index (χ2v) is 7.23. The minimum absolute atomic E-state index is 0.0518. The number of anilines is 1. The minimum Gasteiger partial charge on any atom is -0.497 e. The van der Waals surface area contributed by atoms with Crippen LogP contribution in [0.5, 0.6) is 23.0 Å². The van der Waals surface area contributed by atoms with Crippen molar-refractivity contribution in [1.82, 2.24) is 4.90 Å². The summed E-state index contributed by atoms with van der Waals surface area (Å²) in [7, 11) is 3.10.